The summed E-state index contributed by atoms with van der Waals surface area (Å²) in [6, 6.07) is 7.03. The minimum Gasteiger partial charge on any atom is -0.550 e. The van der Waals surface area contributed by atoms with E-state index in [4.69, 9.17) is 11.6 Å². The average molecular weight is 311 g/mol. The van der Waals surface area contributed by atoms with Gasteiger partial charge in [-0.25, -0.2) is 0 Å². The number of rotatable bonds is 4. The molecule has 1 amide bonds. The molecule has 0 aromatic heterocycles. The molecule has 1 aromatic carbocycles. The highest BCUT2D eigenvalue weighted by molar-refractivity contribution is 8.15. The Balaban J connectivity index is 1.99. The van der Waals surface area contributed by atoms with Crippen molar-refractivity contribution >= 4 is 46.6 Å². The molecule has 1 aromatic rings. The van der Waals surface area contributed by atoms with Crippen LogP contribution in [0.5, 0.6) is 0 Å². The zero-order chi connectivity index (χ0) is 14.5. The molecule has 0 aliphatic carbocycles. The number of nitrogens with one attached hydrogen (secondary N) is 1. The van der Waals surface area contributed by atoms with E-state index in [0.717, 1.165) is 17.3 Å². The fourth-order valence-corrected chi connectivity index (χ4v) is 2.58. The number of amidine groups is 1. The molecule has 1 aliphatic rings. The fraction of sp³-hybridized carbons (Fsp3) is 0.167. The number of carbonyl (C=O) groups is 2. The van der Waals surface area contributed by atoms with Crippen molar-refractivity contribution in [3.63, 3.8) is 0 Å². The molecule has 8 heteroatoms. The van der Waals surface area contributed by atoms with Crippen molar-refractivity contribution in [1.82, 2.24) is 5.32 Å². The normalized spacial score (nSPS) is 20.6. The number of halogens is 1. The maximum atomic E-state index is 11.4. The van der Waals surface area contributed by atoms with Crippen LogP contribution >= 0.6 is 23.4 Å². The van der Waals surface area contributed by atoms with Crippen molar-refractivity contribution < 1.29 is 14.7 Å². The van der Waals surface area contributed by atoms with Gasteiger partial charge in [-0.1, -0.05) is 35.5 Å². The number of nitrogens with zero attached hydrogens (tertiary/aromatic N) is 2. The second-order valence-corrected chi connectivity index (χ2v) is 5.50. The third kappa shape index (κ3) is 4.07. The Bertz CT molecular complexity index is 603. The van der Waals surface area contributed by atoms with Crippen molar-refractivity contribution in [2.75, 3.05) is 0 Å². The van der Waals surface area contributed by atoms with E-state index in [2.05, 4.69) is 15.5 Å². The number of amides is 1. The highest BCUT2D eigenvalue weighted by Crippen LogP contribution is 2.21. The molecule has 1 fully saturated rings. The van der Waals surface area contributed by atoms with Gasteiger partial charge < -0.3 is 15.2 Å². The maximum Gasteiger partial charge on any atom is 0.239 e. The Kier molecular flexibility index (Phi) is 4.75. The van der Waals surface area contributed by atoms with Crippen molar-refractivity contribution in [1.29, 1.82) is 0 Å². The number of aliphatic carboxylic acids is 1. The van der Waals surface area contributed by atoms with Crippen molar-refractivity contribution in [2.24, 2.45) is 10.2 Å². The van der Waals surface area contributed by atoms with Gasteiger partial charge in [-0.15, -0.1) is 5.10 Å². The van der Waals surface area contributed by atoms with Crippen LogP contribution in [0.2, 0.25) is 5.02 Å². The van der Waals surface area contributed by atoms with E-state index in [-0.39, 0.29) is 11.6 Å². The number of hydrogen-bond acceptors (Lipinski definition) is 6. The lowest BCUT2D eigenvalue weighted by Crippen LogP contribution is -2.31. The Hall–Kier alpha value is -1.86. The minimum atomic E-state index is -1.28. The summed E-state index contributed by atoms with van der Waals surface area (Å²) < 4.78 is 0. The first-order valence-corrected chi connectivity index (χ1v) is 6.84. The summed E-state index contributed by atoms with van der Waals surface area (Å²) in [5, 5.41) is 20.7. The smallest absolute Gasteiger partial charge is 0.239 e. The van der Waals surface area contributed by atoms with Crippen LogP contribution in [0.25, 0.3) is 0 Å². The average Bonchev–Trinajstić information content (AvgIpc) is 2.69. The molecule has 1 unspecified atom stereocenters. The van der Waals surface area contributed by atoms with Gasteiger partial charge in [0.1, 0.15) is 0 Å². The Morgan fingerprint density at radius 2 is 2.35 bits per heavy atom. The summed E-state index contributed by atoms with van der Waals surface area (Å²) in [5.41, 5.74) is 0.766. The fourth-order valence-electron chi connectivity index (χ4n) is 1.47. The lowest BCUT2D eigenvalue weighted by atomic mass is 10.2. The lowest BCUT2D eigenvalue weighted by Gasteiger charge is -2.04. The van der Waals surface area contributed by atoms with Crippen molar-refractivity contribution in [3.05, 3.63) is 34.9 Å². The quantitative estimate of drug-likeness (QED) is 0.643. The van der Waals surface area contributed by atoms with Crippen LogP contribution in [0.15, 0.2) is 34.5 Å². The van der Waals surface area contributed by atoms with Gasteiger partial charge in [-0.3, -0.25) is 4.79 Å². The highest BCUT2D eigenvalue weighted by atomic mass is 35.5. The monoisotopic (exact) mass is 310 g/mol. The van der Waals surface area contributed by atoms with Crippen LogP contribution < -0.4 is 10.4 Å². The molecule has 1 N–H and O–H groups in total. The SMILES string of the molecule is O=C([O-])CC1S/C(=N/N=C/c2cccc(Cl)c2)NC1=O. The molecule has 1 aliphatic heterocycles. The van der Waals surface area contributed by atoms with Crippen LogP contribution in [0.4, 0.5) is 0 Å². The molecule has 0 radical (unpaired) electrons. The highest BCUT2D eigenvalue weighted by Gasteiger charge is 2.30. The molecule has 0 saturated carbocycles. The molecule has 6 nitrogen and oxygen atoms in total. The first kappa shape index (κ1) is 14.5. The van der Waals surface area contributed by atoms with E-state index in [1.807, 2.05) is 0 Å². The summed E-state index contributed by atoms with van der Waals surface area (Å²) in [6.07, 6.45) is 1.13. The van der Waals surface area contributed by atoms with E-state index in [0.29, 0.717) is 5.02 Å². The Labute approximate surface area is 123 Å². The van der Waals surface area contributed by atoms with Crippen LogP contribution in [0.3, 0.4) is 0 Å². The van der Waals surface area contributed by atoms with Gasteiger partial charge in [0.15, 0.2) is 5.17 Å². The van der Waals surface area contributed by atoms with Gasteiger partial charge >= 0.3 is 0 Å². The third-order valence-electron chi connectivity index (χ3n) is 2.33. The van der Waals surface area contributed by atoms with Gasteiger partial charge in [0.2, 0.25) is 5.91 Å². The number of thioether (sulfide) groups is 1. The summed E-state index contributed by atoms with van der Waals surface area (Å²) in [4.78, 5) is 21.9. The standard InChI is InChI=1S/C12H10ClN3O3S/c13-8-3-1-2-7(4-8)6-14-16-12-15-11(19)9(20-12)5-10(17)18/h1-4,6,9H,5H2,(H,17,18)(H,15,16,19)/p-1/b14-6+. The second-order valence-electron chi connectivity index (χ2n) is 3.88. The molecule has 0 spiro atoms. The van der Waals surface area contributed by atoms with Crippen molar-refractivity contribution in [3.8, 4) is 0 Å². The van der Waals surface area contributed by atoms with Crippen LogP contribution in [-0.2, 0) is 9.59 Å². The first-order chi connectivity index (χ1) is 9.54. The minimum absolute atomic E-state index is 0.263. The summed E-state index contributed by atoms with van der Waals surface area (Å²) in [5.74, 6) is -1.68. The van der Waals surface area contributed by atoms with E-state index >= 15 is 0 Å². The predicted octanol–water partition coefficient (Wildman–Crippen LogP) is 0.401. The van der Waals surface area contributed by atoms with Crippen LogP contribution in [-0.4, -0.2) is 28.5 Å². The summed E-state index contributed by atoms with van der Waals surface area (Å²) in [6.45, 7) is 0. The van der Waals surface area contributed by atoms with Crippen molar-refractivity contribution in [2.45, 2.75) is 11.7 Å². The van der Waals surface area contributed by atoms with Gasteiger partial charge in [0.25, 0.3) is 0 Å². The largest absolute Gasteiger partial charge is 0.550 e. The van der Waals surface area contributed by atoms with Gasteiger partial charge in [-0.05, 0) is 17.7 Å². The first-order valence-electron chi connectivity index (χ1n) is 5.58. The zero-order valence-corrected chi connectivity index (χ0v) is 11.6. The van der Waals surface area contributed by atoms with Crippen LogP contribution in [0, 0.1) is 0 Å². The van der Waals surface area contributed by atoms with E-state index in [1.165, 1.54) is 6.21 Å². The van der Waals surface area contributed by atoms with Gasteiger partial charge in [0, 0.05) is 17.4 Å². The van der Waals surface area contributed by atoms with E-state index < -0.39 is 17.1 Å². The molecule has 1 saturated heterocycles. The van der Waals surface area contributed by atoms with Crippen LogP contribution in [0.1, 0.15) is 12.0 Å². The molecule has 20 heavy (non-hydrogen) atoms. The topological polar surface area (TPSA) is 93.9 Å². The number of carboxylic acid groups (broad SMARTS) is 1. The molecule has 104 valence electrons. The molecular weight excluding hydrogens is 302 g/mol. The molecule has 1 heterocycles. The van der Waals surface area contributed by atoms with E-state index in [9.17, 15) is 14.7 Å². The third-order valence-corrected chi connectivity index (χ3v) is 3.64. The molecule has 1 atom stereocenters. The lowest BCUT2D eigenvalue weighted by molar-refractivity contribution is -0.305. The summed E-state index contributed by atoms with van der Waals surface area (Å²) in [7, 11) is 0. The summed E-state index contributed by atoms with van der Waals surface area (Å²) >= 11 is 6.83. The number of benzene rings is 1. The van der Waals surface area contributed by atoms with Gasteiger partial charge in [0.05, 0.1) is 11.5 Å². The second kappa shape index (κ2) is 6.53. The van der Waals surface area contributed by atoms with Gasteiger partial charge in [-0.2, -0.15) is 5.10 Å². The number of carbonyl (C=O) groups excluding carboxylic acids is 2. The number of hydrogen-bond donors (Lipinski definition) is 1. The Morgan fingerprint density at radius 3 is 3.05 bits per heavy atom. The number of carboxylic acids is 1. The molecular formula is C12H9ClN3O3S-. The zero-order valence-electron chi connectivity index (χ0n) is 10.1. The molecule has 0 bridgehead atoms. The Morgan fingerprint density at radius 1 is 1.55 bits per heavy atom. The predicted molar refractivity (Wildman–Crippen MR) is 75.6 cm³/mol. The maximum absolute atomic E-state index is 11.4. The van der Waals surface area contributed by atoms with E-state index in [1.54, 1.807) is 24.3 Å². The molecule has 2 rings (SSSR count).